The lowest BCUT2D eigenvalue weighted by Gasteiger charge is -2.54. The molecule has 0 spiro atoms. The third-order valence-corrected chi connectivity index (χ3v) is 20.8. The zero-order valence-corrected chi connectivity index (χ0v) is 47.5. The highest BCUT2D eigenvalue weighted by Crippen LogP contribution is 2.66. The van der Waals surface area contributed by atoms with Gasteiger partial charge in [0.15, 0.2) is 0 Å². The predicted molar refractivity (Wildman–Crippen MR) is 314 cm³/mol. The fourth-order valence-corrected chi connectivity index (χ4v) is 16.5. The Labute approximate surface area is 438 Å². The molecule has 0 bridgehead atoms. The second-order valence-electron chi connectivity index (χ2n) is 28.2. The SMILES string of the molecule is Cc1cc(C)c2c3c1B1c4ccc5oc6ccc(C(C)(C)C)cc6c5c4N(c4c(C)cc(C(C)(C)C)cc4C)c4cc(N5c6ccc(C(C)(C)C)cc6C6(C)CCCCC56C)cc(c41)N3C1(C)CCCCC21C. The zero-order chi connectivity index (χ0) is 51.6. The number of anilines is 7. The Bertz CT molecular complexity index is 3550. The van der Waals surface area contributed by atoms with Crippen LogP contribution in [0.2, 0.25) is 0 Å². The van der Waals surface area contributed by atoms with Crippen molar-refractivity contribution in [2.75, 3.05) is 14.7 Å². The molecule has 2 fully saturated rings. The van der Waals surface area contributed by atoms with Gasteiger partial charge in [0.05, 0.1) is 27.8 Å². The molecule has 0 amide bonds. The molecule has 0 N–H and O–H groups in total. The Morgan fingerprint density at radius 3 is 1.71 bits per heavy atom. The molecule has 2 aliphatic carbocycles. The summed E-state index contributed by atoms with van der Waals surface area (Å²) in [4.78, 5) is 8.64. The molecule has 0 saturated heterocycles. The molecule has 73 heavy (non-hydrogen) atoms. The van der Waals surface area contributed by atoms with Gasteiger partial charge < -0.3 is 19.1 Å². The van der Waals surface area contributed by atoms with E-state index in [0.717, 1.165) is 17.6 Å². The van der Waals surface area contributed by atoms with Crippen LogP contribution < -0.4 is 31.1 Å². The summed E-state index contributed by atoms with van der Waals surface area (Å²) >= 11 is 0. The van der Waals surface area contributed by atoms with Gasteiger partial charge in [0.1, 0.15) is 11.2 Å². The summed E-state index contributed by atoms with van der Waals surface area (Å²) in [6.45, 7) is 41.5. The Morgan fingerprint density at radius 2 is 1.05 bits per heavy atom. The van der Waals surface area contributed by atoms with Gasteiger partial charge in [-0.15, -0.1) is 0 Å². The monoisotopic (exact) mass is 966 g/mol. The van der Waals surface area contributed by atoms with E-state index in [1.165, 1.54) is 156 Å². The minimum absolute atomic E-state index is 0.00241. The largest absolute Gasteiger partial charge is 0.456 e. The summed E-state index contributed by atoms with van der Waals surface area (Å²) < 4.78 is 7.05. The smallest absolute Gasteiger partial charge is 0.252 e. The number of aryl methyl sites for hydroxylation is 4. The normalized spacial score (nSPS) is 25.0. The molecule has 376 valence electrons. The van der Waals surface area contributed by atoms with Crippen LogP contribution >= 0.6 is 0 Å². The second kappa shape index (κ2) is 14.7. The van der Waals surface area contributed by atoms with Gasteiger partial charge in [-0.25, -0.2) is 0 Å². The number of fused-ring (bicyclic) bond motifs is 14. The number of hydrogen-bond donors (Lipinski definition) is 0. The quantitative estimate of drug-likeness (QED) is 0.161. The van der Waals surface area contributed by atoms with E-state index in [4.69, 9.17) is 4.42 Å². The minimum atomic E-state index is -0.126. The van der Waals surface area contributed by atoms with E-state index in [2.05, 4.69) is 211 Å². The second-order valence-corrected chi connectivity index (χ2v) is 28.2. The molecule has 6 aromatic carbocycles. The molecule has 0 radical (unpaired) electrons. The van der Waals surface area contributed by atoms with Gasteiger partial charge in [-0.2, -0.15) is 0 Å². The van der Waals surface area contributed by atoms with Crippen molar-refractivity contribution >= 4 is 84.9 Å². The maximum atomic E-state index is 7.05. The fourth-order valence-electron chi connectivity index (χ4n) is 16.5. The molecule has 7 aromatic rings. The topological polar surface area (TPSA) is 22.9 Å². The molecular formula is C68H80BN3O. The van der Waals surface area contributed by atoms with Gasteiger partial charge in [-0.05, 0) is 181 Å². The van der Waals surface area contributed by atoms with Crippen LogP contribution in [0.25, 0.3) is 21.9 Å². The van der Waals surface area contributed by atoms with Crippen LogP contribution in [0.4, 0.5) is 39.8 Å². The van der Waals surface area contributed by atoms with Gasteiger partial charge >= 0.3 is 0 Å². The first-order chi connectivity index (χ1) is 34.2. The molecule has 4 aliphatic heterocycles. The standard InChI is InChI=1S/C68H80BN3O/c1-39-32-40(2)57-61-56(39)66(15)29-19-21-31-68(66,17)72(61)52-38-46(71-50-25-22-44(63(8,9)10)36-48(50)65(14)28-18-20-30-67(65,71)16)37-51-58(52)69(57)49-24-27-54-55(47-35-43(62(5,6)7)23-26-53(47)73-54)60(49)70(51)59-41(3)33-45(34-42(59)4)64(11,12)13/h22-27,32-38H,18-21,28-31H2,1-17H3. The summed E-state index contributed by atoms with van der Waals surface area (Å²) in [5.74, 6) is 0. The first-order valence-corrected chi connectivity index (χ1v) is 28.2. The number of furan rings is 1. The highest BCUT2D eigenvalue weighted by molar-refractivity contribution is 7.01. The van der Waals surface area contributed by atoms with E-state index < -0.39 is 0 Å². The average Bonchev–Trinajstić information content (AvgIpc) is 3.86. The van der Waals surface area contributed by atoms with Crippen LogP contribution in [0.5, 0.6) is 0 Å². The fraction of sp³-hybridized carbons (Fsp3) is 0.471. The van der Waals surface area contributed by atoms with Crippen LogP contribution in [0.1, 0.15) is 191 Å². The van der Waals surface area contributed by atoms with E-state index in [1.807, 2.05) is 0 Å². The van der Waals surface area contributed by atoms with Gasteiger partial charge in [0.25, 0.3) is 6.71 Å². The molecule has 5 heterocycles. The van der Waals surface area contributed by atoms with E-state index in [1.54, 1.807) is 5.56 Å². The van der Waals surface area contributed by atoms with Crippen molar-refractivity contribution in [3.63, 3.8) is 0 Å². The number of benzene rings is 6. The van der Waals surface area contributed by atoms with E-state index in [9.17, 15) is 0 Å². The lowest BCUT2D eigenvalue weighted by atomic mass is 9.32. The van der Waals surface area contributed by atoms with Crippen LogP contribution in [-0.4, -0.2) is 17.8 Å². The van der Waals surface area contributed by atoms with Crippen LogP contribution in [-0.2, 0) is 27.1 Å². The van der Waals surface area contributed by atoms with Crippen molar-refractivity contribution in [1.82, 2.24) is 0 Å². The molecule has 4 atom stereocenters. The maximum Gasteiger partial charge on any atom is 0.252 e. The third kappa shape index (κ3) is 5.98. The van der Waals surface area contributed by atoms with E-state index in [0.29, 0.717) is 0 Å². The molecule has 13 rings (SSSR count). The van der Waals surface area contributed by atoms with Crippen LogP contribution in [0.15, 0.2) is 83.3 Å². The Balaban J connectivity index is 1.22. The molecule has 4 nitrogen and oxygen atoms in total. The van der Waals surface area contributed by atoms with Gasteiger partial charge in [-0.1, -0.05) is 150 Å². The first kappa shape index (κ1) is 47.3. The van der Waals surface area contributed by atoms with Gasteiger partial charge in [0.2, 0.25) is 0 Å². The molecule has 5 heteroatoms. The van der Waals surface area contributed by atoms with Crippen molar-refractivity contribution < 1.29 is 4.42 Å². The van der Waals surface area contributed by atoms with E-state index in [-0.39, 0.29) is 44.9 Å². The van der Waals surface area contributed by atoms with Gasteiger partial charge in [0, 0.05) is 44.7 Å². The minimum Gasteiger partial charge on any atom is -0.456 e. The summed E-state index contributed by atoms with van der Waals surface area (Å²) in [7, 11) is 0. The molecule has 2 saturated carbocycles. The number of nitrogens with zero attached hydrogens (tertiary/aromatic N) is 3. The van der Waals surface area contributed by atoms with Gasteiger partial charge in [-0.3, -0.25) is 0 Å². The average molecular weight is 966 g/mol. The van der Waals surface area contributed by atoms with E-state index >= 15 is 0 Å². The van der Waals surface area contributed by atoms with Crippen molar-refractivity contribution in [2.24, 2.45) is 0 Å². The Hall–Kier alpha value is -5.42. The summed E-state index contributed by atoms with van der Waals surface area (Å²) in [6.07, 6.45) is 9.73. The zero-order valence-electron chi connectivity index (χ0n) is 47.5. The molecule has 4 unspecified atom stereocenters. The molecule has 6 aliphatic rings. The predicted octanol–water partition coefficient (Wildman–Crippen LogP) is 16.8. The van der Waals surface area contributed by atoms with Crippen molar-refractivity contribution in [2.45, 2.75) is 207 Å². The molecular weight excluding hydrogens is 886 g/mol. The first-order valence-electron chi connectivity index (χ1n) is 28.2. The summed E-state index contributed by atoms with van der Waals surface area (Å²) in [5.41, 5.74) is 28.3. The van der Waals surface area contributed by atoms with Crippen LogP contribution in [0.3, 0.4) is 0 Å². The van der Waals surface area contributed by atoms with Crippen molar-refractivity contribution in [3.8, 4) is 0 Å². The van der Waals surface area contributed by atoms with Crippen molar-refractivity contribution in [3.05, 3.63) is 129 Å². The Morgan fingerprint density at radius 1 is 0.479 bits per heavy atom. The number of rotatable bonds is 2. The summed E-state index contributed by atoms with van der Waals surface area (Å²) in [5, 5.41) is 2.42. The molecule has 1 aromatic heterocycles. The Kier molecular flexibility index (Phi) is 9.53. The van der Waals surface area contributed by atoms with Crippen LogP contribution in [0, 0.1) is 27.7 Å². The third-order valence-electron chi connectivity index (χ3n) is 20.8. The van der Waals surface area contributed by atoms with Crippen molar-refractivity contribution in [1.29, 1.82) is 0 Å². The highest BCUT2D eigenvalue weighted by atomic mass is 16.3. The maximum absolute atomic E-state index is 7.05. The highest BCUT2D eigenvalue weighted by Gasteiger charge is 2.63. The lowest BCUT2D eigenvalue weighted by Crippen LogP contribution is -2.65. The number of hydrogen-bond acceptors (Lipinski definition) is 4. The lowest BCUT2D eigenvalue weighted by molar-refractivity contribution is 0.193. The summed E-state index contributed by atoms with van der Waals surface area (Å²) in [6, 6.07) is 32.4.